The maximum absolute atomic E-state index is 12.3. The minimum atomic E-state index is -2.93. The van der Waals surface area contributed by atoms with E-state index in [2.05, 4.69) is 14.9 Å². The van der Waals surface area contributed by atoms with E-state index in [1.165, 1.54) is 19.2 Å². The molecule has 3 rings (SSSR count). The summed E-state index contributed by atoms with van der Waals surface area (Å²) in [6.07, 6.45) is 0. The summed E-state index contributed by atoms with van der Waals surface area (Å²) in [5, 5.41) is 7.95. The predicted octanol–water partition coefficient (Wildman–Crippen LogP) is 4.01. The topological polar surface area (TPSA) is 57.4 Å². The van der Waals surface area contributed by atoms with Gasteiger partial charge in [-0.15, -0.1) is 10.2 Å². The molecule has 0 aliphatic heterocycles. The minimum Gasteiger partial charge on any atom is -0.493 e. The minimum absolute atomic E-state index is 0.0611. The summed E-state index contributed by atoms with van der Waals surface area (Å²) in [6, 6.07) is 13.7. The zero-order valence-electron chi connectivity index (χ0n) is 12.1. The number of rotatable bonds is 5. The van der Waals surface area contributed by atoms with Gasteiger partial charge < -0.3 is 13.9 Å². The van der Waals surface area contributed by atoms with Crippen molar-refractivity contribution in [1.82, 2.24) is 10.2 Å². The number of hydrogen-bond acceptors (Lipinski definition) is 5. The molecule has 5 nitrogen and oxygen atoms in total. The Morgan fingerprint density at radius 2 is 1.61 bits per heavy atom. The lowest BCUT2D eigenvalue weighted by atomic mass is 10.2. The highest BCUT2D eigenvalue weighted by Crippen LogP contribution is 2.33. The van der Waals surface area contributed by atoms with Crippen molar-refractivity contribution in [3.05, 3.63) is 48.5 Å². The third-order valence-electron chi connectivity index (χ3n) is 3.07. The Morgan fingerprint density at radius 1 is 0.913 bits per heavy atom. The Kier molecular flexibility index (Phi) is 4.18. The van der Waals surface area contributed by atoms with Crippen LogP contribution >= 0.6 is 0 Å². The van der Waals surface area contributed by atoms with Crippen LogP contribution < -0.4 is 9.47 Å². The number of methoxy groups -OCH3 is 1. The highest BCUT2D eigenvalue weighted by atomic mass is 19.3. The van der Waals surface area contributed by atoms with Gasteiger partial charge >= 0.3 is 6.61 Å². The summed E-state index contributed by atoms with van der Waals surface area (Å²) in [5.74, 6) is 0.717. The standard InChI is InChI=1S/C16H12F2N2O3/c1-21-13-9-11(7-8-12(13)22-16(17)18)15-20-19-14(23-15)10-5-3-2-4-6-10/h2-9,16H,1H3. The third kappa shape index (κ3) is 3.28. The van der Waals surface area contributed by atoms with Gasteiger partial charge in [0.05, 0.1) is 7.11 Å². The van der Waals surface area contributed by atoms with E-state index in [0.29, 0.717) is 11.5 Å². The molecule has 0 saturated carbocycles. The smallest absolute Gasteiger partial charge is 0.387 e. The quantitative estimate of drug-likeness (QED) is 0.711. The number of ether oxygens (including phenoxy) is 2. The van der Waals surface area contributed by atoms with Crippen LogP contribution in [0, 0.1) is 0 Å². The molecule has 0 aliphatic rings. The van der Waals surface area contributed by atoms with Crippen molar-refractivity contribution < 1.29 is 22.7 Å². The molecule has 0 saturated heterocycles. The summed E-state index contributed by atoms with van der Waals surface area (Å²) >= 11 is 0. The molecule has 7 heteroatoms. The van der Waals surface area contributed by atoms with Gasteiger partial charge in [-0.05, 0) is 30.3 Å². The van der Waals surface area contributed by atoms with Gasteiger partial charge in [0.2, 0.25) is 11.8 Å². The predicted molar refractivity (Wildman–Crippen MR) is 78.4 cm³/mol. The molecule has 1 aromatic heterocycles. The molecular weight excluding hydrogens is 306 g/mol. The molecule has 0 amide bonds. The second-order valence-electron chi connectivity index (χ2n) is 4.52. The highest BCUT2D eigenvalue weighted by Gasteiger charge is 2.15. The van der Waals surface area contributed by atoms with Gasteiger partial charge in [0.25, 0.3) is 0 Å². The summed E-state index contributed by atoms with van der Waals surface area (Å²) in [4.78, 5) is 0. The first-order chi connectivity index (χ1) is 11.2. The number of halogens is 2. The van der Waals surface area contributed by atoms with Crippen molar-refractivity contribution >= 4 is 0 Å². The molecule has 0 fully saturated rings. The normalized spacial score (nSPS) is 10.8. The monoisotopic (exact) mass is 318 g/mol. The summed E-state index contributed by atoms with van der Waals surface area (Å²) in [5.41, 5.74) is 1.33. The Labute approximate surface area is 130 Å². The van der Waals surface area contributed by atoms with E-state index in [-0.39, 0.29) is 17.4 Å². The van der Waals surface area contributed by atoms with Crippen LogP contribution in [0.2, 0.25) is 0 Å². The van der Waals surface area contributed by atoms with Crippen molar-refractivity contribution in [3.8, 4) is 34.4 Å². The van der Waals surface area contributed by atoms with Gasteiger partial charge in [-0.2, -0.15) is 8.78 Å². The van der Waals surface area contributed by atoms with E-state index < -0.39 is 6.61 Å². The number of aromatic nitrogens is 2. The van der Waals surface area contributed by atoms with Crippen LogP contribution in [0.1, 0.15) is 0 Å². The Bertz CT molecular complexity index is 791. The van der Waals surface area contributed by atoms with Crippen LogP contribution in [0.5, 0.6) is 11.5 Å². The molecule has 1 heterocycles. The van der Waals surface area contributed by atoms with Crippen molar-refractivity contribution in [2.45, 2.75) is 6.61 Å². The maximum atomic E-state index is 12.3. The highest BCUT2D eigenvalue weighted by molar-refractivity contribution is 5.61. The van der Waals surface area contributed by atoms with Gasteiger partial charge in [0.1, 0.15) is 0 Å². The van der Waals surface area contributed by atoms with E-state index >= 15 is 0 Å². The molecule has 3 aromatic rings. The van der Waals surface area contributed by atoms with Crippen LogP contribution in [0.25, 0.3) is 22.9 Å². The molecule has 0 unspecified atom stereocenters. The summed E-state index contributed by atoms with van der Waals surface area (Å²) < 4.78 is 39.7. The van der Waals surface area contributed by atoms with Gasteiger partial charge in [-0.3, -0.25) is 0 Å². The van der Waals surface area contributed by atoms with E-state index in [1.807, 2.05) is 30.3 Å². The first-order valence-electron chi connectivity index (χ1n) is 6.69. The van der Waals surface area contributed by atoms with Crippen molar-refractivity contribution in [3.63, 3.8) is 0 Å². The lowest BCUT2D eigenvalue weighted by Crippen LogP contribution is -2.03. The first kappa shape index (κ1) is 15.0. The fourth-order valence-electron chi connectivity index (χ4n) is 2.03. The molecule has 0 N–H and O–H groups in total. The average Bonchev–Trinajstić information content (AvgIpc) is 3.05. The Hall–Kier alpha value is -2.96. The number of nitrogens with zero attached hydrogens (tertiary/aromatic N) is 2. The number of alkyl halides is 2. The fourth-order valence-corrected chi connectivity index (χ4v) is 2.03. The van der Waals surface area contributed by atoms with Crippen molar-refractivity contribution in [2.75, 3.05) is 7.11 Å². The van der Waals surface area contributed by atoms with Gasteiger partial charge in [-0.25, -0.2) is 0 Å². The van der Waals surface area contributed by atoms with Crippen LogP contribution in [0.4, 0.5) is 8.78 Å². The lowest BCUT2D eigenvalue weighted by Gasteiger charge is -2.10. The molecule has 118 valence electrons. The zero-order chi connectivity index (χ0) is 16.2. The molecule has 0 atom stereocenters. The van der Waals surface area contributed by atoms with E-state index in [0.717, 1.165) is 5.56 Å². The molecule has 2 aromatic carbocycles. The molecule has 23 heavy (non-hydrogen) atoms. The number of benzene rings is 2. The van der Waals surface area contributed by atoms with Gasteiger partial charge in [0.15, 0.2) is 11.5 Å². The van der Waals surface area contributed by atoms with E-state index in [9.17, 15) is 8.78 Å². The summed E-state index contributed by atoms with van der Waals surface area (Å²) in [6.45, 7) is -2.93. The lowest BCUT2D eigenvalue weighted by molar-refractivity contribution is -0.0512. The molecule has 0 spiro atoms. The zero-order valence-corrected chi connectivity index (χ0v) is 12.1. The second-order valence-corrected chi connectivity index (χ2v) is 4.52. The van der Waals surface area contributed by atoms with E-state index in [4.69, 9.17) is 9.15 Å². The van der Waals surface area contributed by atoms with Crippen LogP contribution in [-0.2, 0) is 0 Å². The van der Waals surface area contributed by atoms with Gasteiger partial charge in [-0.1, -0.05) is 18.2 Å². The Balaban J connectivity index is 1.92. The molecular formula is C16H12F2N2O3. The van der Waals surface area contributed by atoms with E-state index in [1.54, 1.807) is 6.07 Å². The van der Waals surface area contributed by atoms with Crippen molar-refractivity contribution in [1.29, 1.82) is 0 Å². The van der Waals surface area contributed by atoms with Crippen LogP contribution in [-0.4, -0.2) is 23.9 Å². The SMILES string of the molecule is COc1cc(-c2nnc(-c3ccccc3)o2)ccc1OC(F)F. The second kappa shape index (κ2) is 6.43. The molecule has 0 bridgehead atoms. The van der Waals surface area contributed by atoms with Gasteiger partial charge in [0, 0.05) is 11.1 Å². The first-order valence-corrected chi connectivity index (χ1v) is 6.69. The van der Waals surface area contributed by atoms with Crippen LogP contribution in [0.15, 0.2) is 52.9 Å². The summed E-state index contributed by atoms with van der Waals surface area (Å²) in [7, 11) is 1.36. The fraction of sp³-hybridized carbons (Fsp3) is 0.125. The molecule has 0 aliphatic carbocycles. The largest absolute Gasteiger partial charge is 0.493 e. The maximum Gasteiger partial charge on any atom is 0.387 e. The molecule has 0 radical (unpaired) electrons. The van der Waals surface area contributed by atoms with Crippen molar-refractivity contribution in [2.24, 2.45) is 0 Å². The third-order valence-corrected chi connectivity index (χ3v) is 3.07. The Morgan fingerprint density at radius 3 is 2.26 bits per heavy atom. The number of hydrogen-bond donors (Lipinski definition) is 0. The van der Waals surface area contributed by atoms with Crippen LogP contribution in [0.3, 0.4) is 0 Å². The average molecular weight is 318 g/mol.